The number of halogens is 1. The van der Waals surface area contributed by atoms with Gasteiger partial charge in [-0.15, -0.1) is 0 Å². The molecule has 5 nitrogen and oxygen atoms in total. The molecule has 3 N–H and O–H groups in total. The maximum absolute atomic E-state index is 12.7. The summed E-state index contributed by atoms with van der Waals surface area (Å²) in [5, 5.41) is 10.2. The minimum Gasteiger partial charge on any atom is -0.484 e. The first-order valence-electron chi connectivity index (χ1n) is 7.11. The van der Waals surface area contributed by atoms with E-state index in [4.69, 9.17) is 10.5 Å². The van der Waals surface area contributed by atoms with Gasteiger partial charge in [-0.3, -0.25) is 4.79 Å². The van der Waals surface area contributed by atoms with Gasteiger partial charge in [-0.25, -0.2) is 4.39 Å². The summed E-state index contributed by atoms with van der Waals surface area (Å²) >= 11 is 0. The maximum atomic E-state index is 12.7. The second-order valence-electron chi connectivity index (χ2n) is 5.39. The number of carbonyl (C=O) groups is 1. The molecular weight excluding hydrogens is 275 g/mol. The first-order chi connectivity index (χ1) is 10.0. The molecule has 1 aromatic rings. The molecule has 2 rings (SSSR count). The van der Waals surface area contributed by atoms with Gasteiger partial charge < -0.3 is 20.5 Å². The van der Waals surface area contributed by atoms with Crippen LogP contribution in [0, 0.1) is 5.82 Å². The molecule has 0 unspecified atom stereocenters. The lowest BCUT2D eigenvalue weighted by molar-refractivity contribution is -0.137. The molecule has 1 saturated heterocycles. The van der Waals surface area contributed by atoms with E-state index in [1.807, 2.05) is 0 Å². The van der Waals surface area contributed by atoms with Crippen molar-refractivity contribution in [3.63, 3.8) is 0 Å². The SMILES string of the molecule is NCCC1(O)CCN(C(=O)COc2ccc(F)cc2)CC1. The Morgan fingerprint density at radius 2 is 1.95 bits per heavy atom. The van der Waals surface area contributed by atoms with Crippen LogP contribution in [0.25, 0.3) is 0 Å². The minimum absolute atomic E-state index is 0.0824. The van der Waals surface area contributed by atoms with Gasteiger partial charge in [0.15, 0.2) is 6.61 Å². The highest BCUT2D eigenvalue weighted by molar-refractivity contribution is 5.77. The Morgan fingerprint density at radius 1 is 1.33 bits per heavy atom. The van der Waals surface area contributed by atoms with Crippen LogP contribution >= 0.6 is 0 Å². The summed E-state index contributed by atoms with van der Waals surface area (Å²) in [6, 6.07) is 5.54. The fourth-order valence-corrected chi connectivity index (χ4v) is 2.46. The molecule has 1 aliphatic rings. The van der Waals surface area contributed by atoms with Gasteiger partial charge in [0.25, 0.3) is 5.91 Å². The van der Waals surface area contributed by atoms with Crippen molar-refractivity contribution in [2.45, 2.75) is 24.9 Å². The van der Waals surface area contributed by atoms with E-state index in [9.17, 15) is 14.3 Å². The Kier molecular flexibility index (Phi) is 5.14. The summed E-state index contributed by atoms with van der Waals surface area (Å²) in [7, 11) is 0. The van der Waals surface area contributed by atoms with Crippen LogP contribution in [0.3, 0.4) is 0 Å². The normalized spacial score (nSPS) is 17.6. The predicted octanol–water partition coefficient (Wildman–Crippen LogP) is 0.907. The number of likely N-dealkylation sites (tertiary alicyclic amines) is 1. The molecule has 1 fully saturated rings. The number of nitrogens with zero attached hydrogens (tertiary/aromatic N) is 1. The lowest BCUT2D eigenvalue weighted by Crippen LogP contribution is -2.48. The lowest BCUT2D eigenvalue weighted by atomic mass is 9.88. The van der Waals surface area contributed by atoms with Gasteiger partial charge in [-0.05, 0) is 50.1 Å². The van der Waals surface area contributed by atoms with Crippen molar-refractivity contribution in [1.29, 1.82) is 0 Å². The largest absolute Gasteiger partial charge is 0.484 e. The molecule has 1 heterocycles. The van der Waals surface area contributed by atoms with Crippen molar-refractivity contribution in [1.82, 2.24) is 4.90 Å². The zero-order valence-electron chi connectivity index (χ0n) is 11.9. The maximum Gasteiger partial charge on any atom is 0.260 e. The predicted molar refractivity (Wildman–Crippen MR) is 76.3 cm³/mol. The zero-order chi connectivity index (χ0) is 15.3. The van der Waals surface area contributed by atoms with Crippen LogP contribution < -0.4 is 10.5 Å². The van der Waals surface area contributed by atoms with Crippen LogP contribution in [0.2, 0.25) is 0 Å². The fraction of sp³-hybridized carbons (Fsp3) is 0.533. The van der Waals surface area contributed by atoms with Crippen LogP contribution in [0.4, 0.5) is 4.39 Å². The van der Waals surface area contributed by atoms with Crippen LogP contribution in [-0.4, -0.2) is 47.8 Å². The first-order valence-corrected chi connectivity index (χ1v) is 7.11. The van der Waals surface area contributed by atoms with Crippen LogP contribution in [-0.2, 0) is 4.79 Å². The van der Waals surface area contributed by atoms with Gasteiger partial charge in [0, 0.05) is 13.1 Å². The molecule has 6 heteroatoms. The molecule has 1 aliphatic heterocycles. The Hall–Kier alpha value is -1.66. The number of nitrogens with two attached hydrogens (primary N) is 1. The summed E-state index contributed by atoms with van der Waals surface area (Å²) < 4.78 is 18.1. The summed E-state index contributed by atoms with van der Waals surface area (Å²) in [6.45, 7) is 1.36. The van der Waals surface area contributed by atoms with Crippen LogP contribution in [0.15, 0.2) is 24.3 Å². The van der Waals surface area contributed by atoms with Gasteiger partial charge in [0.05, 0.1) is 5.60 Å². The van der Waals surface area contributed by atoms with Crippen LogP contribution in [0.1, 0.15) is 19.3 Å². The smallest absolute Gasteiger partial charge is 0.260 e. The van der Waals surface area contributed by atoms with E-state index in [0.29, 0.717) is 44.6 Å². The zero-order valence-corrected chi connectivity index (χ0v) is 11.9. The summed E-state index contributed by atoms with van der Waals surface area (Å²) in [6.07, 6.45) is 1.63. The highest BCUT2D eigenvalue weighted by atomic mass is 19.1. The van der Waals surface area contributed by atoms with Crippen molar-refractivity contribution in [3.8, 4) is 5.75 Å². The fourth-order valence-electron chi connectivity index (χ4n) is 2.46. The van der Waals surface area contributed by atoms with Gasteiger partial charge in [-0.1, -0.05) is 0 Å². The third-order valence-electron chi connectivity index (χ3n) is 3.83. The number of carbonyl (C=O) groups excluding carboxylic acids is 1. The number of amides is 1. The van der Waals surface area contributed by atoms with E-state index < -0.39 is 5.60 Å². The van der Waals surface area contributed by atoms with Gasteiger partial charge in [-0.2, -0.15) is 0 Å². The number of hydrogen-bond donors (Lipinski definition) is 2. The summed E-state index contributed by atoms with van der Waals surface area (Å²) in [4.78, 5) is 13.7. The molecule has 0 bridgehead atoms. The molecule has 1 aromatic carbocycles. The number of piperidine rings is 1. The molecule has 0 radical (unpaired) electrons. The van der Waals surface area contributed by atoms with E-state index >= 15 is 0 Å². The monoisotopic (exact) mass is 296 g/mol. The molecule has 1 amide bonds. The average molecular weight is 296 g/mol. The average Bonchev–Trinajstić information content (AvgIpc) is 2.47. The third-order valence-corrected chi connectivity index (χ3v) is 3.83. The molecular formula is C15H21FN2O3. The highest BCUT2D eigenvalue weighted by Gasteiger charge is 2.33. The number of ether oxygens (including phenoxy) is 1. The number of rotatable bonds is 5. The van der Waals surface area contributed by atoms with E-state index in [1.54, 1.807) is 4.90 Å². The van der Waals surface area contributed by atoms with E-state index in [-0.39, 0.29) is 18.3 Å². The van der Waals surface area contributed by atoms with Crippen molar-refractivity contribution in [3.05, 3.63) is 30.1 Å². The Bertz CT molecular complexity index is 470. The standard InChI is InChI=1S/C15H21FN2O3/c16-12-1-3-13(4-2-12)21-11-14(19)18-9-6-15(20,5-8-17)7-10-18/h1-4,20H,5-11,17H2. The summed E-state index contributed by atoms with van der Waals surface area (Å²) in [5.41, 5.74) is 4.73. The molecule has 0 aromatic heterocycles. The van der Waals surface area contributed by atoms with Gasteiger partial charge in [0.2, 0.25) is 0 Å². The van der Waals surface area contributed by atoms with Crippen LogP contribution in [0.5, 0.6) is 5.75 Å². The highest BCUT2D eigenvalue weighted by Crippen LogP contribution is 2.25. The summed E-state index contributed by atoms with van der Waals surface area (Å²) in [5.74, 6) is -0.0144. The molecule has 21 heavy (non-hydrogen) atoms. The van der Waals surface area contributed by atoms with E-state index in [0.717, 1.165) is 0 Å². The second-order valence-corrected chi connectivity index (χ2v) is 5.39. The minimum atomic E-state index is -0.747. The number of aliphatic hydroxyl groups is 1. The van der Waals surface area contributed by atoms with E-state index in [1.165, 1.54) is 24.3 Å². The second kappa shape index (κ2) is 6.87. The molecule has 116 valence electrons. The Morgan fingerprint density at radius 3 is 2.52 bits per heavy atom. The van der Waals surface area contributed by atoms with Crippen molar-refractivity contribution < 1.29 is 19.0 Å². The van der Waals surface area contributed by atoms with Crippen molar-refractivity contribution in [2.24, 2.45) is 5.73 Å². The first kappa shape index (κ1) is 15.7. The number of hydrogen-bond acceptors (Lipinski definition) is 4. The lowest BCUT2D eigenvalue weighted by Gasteiger charge is -2.38. The molecule has 0 atom stereocenters. The Balaban J connectivity index is 1.78. The third kappa shape index (κ3) is 4.41. The Labute approximate surface area is 123 Å². The van der Waals surface area contributed by atoms with Gasteiger partial charge >= 0.3 is 0 Å². The van der Waals surface area contributed by atoms with Crippen molar-refractivity contribution >= 4 is 5.91 Å². The molecule has 0 spiro atoms. The quantitative estimate of drug-likeness (QED) is 0.847. The van der Waals surface area contributed by atoms with Gasteiger partial charge in [0.1, 0.15) is 11.6 Å². The van der Waals surface area contributed by atoms with Crippen molar-refractivity contribution in [2.75, 3.05) is 26.2 Å². The number of benzene rings is 1. The molecule has 0 saturated carbocycles. The van der Waals surface area contributed by atoms with E-state index in [2.05, 4.69) is 0 Å². The molecule has 0 aliphatic carbocycles. The topological polar surface area (TPSA) is 75.8 Å².